The van der Waals surface area contributed by atoms with Gasteiger partial charge in [0, 0.05) is 49.2 Å². The van der Waals surface area contributed by atoms with Crippen molar-refractivity contribution in [3.8, 4) is 0 Å². The molecule has 0 aliphatic carbocycles. The summed E-state index contributed by atoms with van der Waals surface area (Å²) in [6.07, 6.45) is 0.856. The van der Waals surface area contributed by atoms with Crippen LogP contribution in [0.15, 0.2) is 0 Å². The van der Waals surface area contributed by atoms with Crippen LogP contribution >= 0.6 is 0 Å². The van der Waals surface area contributed by atoms with Crippen LogP contribution in [0.2, 0.25) is 0 Å². The Bertz CT molecular complexity index is 161. The van der Waals surface area contributed by atoms with Crippen molar-refractivity contribution < 1.29 is 13.7 Å². The van der Waals surface area contributed by atoms with Crippen molar-refractivity contribution in [3.63, 3.8) is 0 Å². The summed E-state index contributed by atoms with van der Waals surface area (Å²) in [6.45, 7) is 4.21. The van der Waals surface area contributed by atoms with Gasteiger partial charge in [-0.1, -0.05) is 6.92 Å². The van der Waals surface area contributed by atoms with Crippen LogP contribution < -0.4 is 5.32 Å². The van der Waals surface area contributed by atoms with Gasteiger partial charge in [-0.15, -0.1) is 0 Å². The molecule has 0 spiro atoms. The zero-order chi connectivity index (χ0) is 11.5. The highest BCUT2D eigenvalue weighted by Crippen LogP contribution is 1.94. The largest absolute Gasteiger partial charge is 0.385 e. The normalized spacial score (nSPS) is 15.1. The number of hydrogen-bond donors (Lipinski definition) is 1. The molecule has 92 valence electrons. The minimum absolute atomic E-state index is 0.198. The summed E-state index contributed by atoms with van der Waals surface area (Å²) in [5, 5.41) is 3.26. The quantitative estimate of drug-likeness (QED) is 0.559. The first-order valence-electron chi connectivity index (χ1n) is 5.30. The van der Waals surface area contributed by atoms with Gasteiger partial charge >= 0.3 is 0 Å². The highest BCUT2D eigenvalue weighted by molar-refractivity contribution is 7.85. The van der Waals surface area contributed by atoms with Crippen molar-refractivity contribution in [2.75, 3.05) is 45.5 Å². The third-order valence-corrected chi connectivity index (χ3v) is 3.49. The Morgan fingerprint density at radius 3 is 2.60 bits per heavy atom. The number of hydrogen-bond acceptors (Lipinski definition) is 4. The van der Waals surface area contributed by atoms with Crippen molar-refractivity contribution in [3.05, 3.63) is 0 Å². The minimum atomic E-state index is -0.777. The summed E-state index contributed by atoms with van der Waals surface area (Å²) in [5.41, 5.74) is 0. The van der Waals surface area contributed by atoms with Crippen molar-refractivity contribution in [1.82, 2.24) is 5.32 Å². The summed E-state index contributed by atoms with van der Waals surface area (Å²) in [6, 6.07) is 0.198. The molecule has 1 N–H and O–H groups in total. The molecule has 0 aliphatic heterocycles. The highest BCUT2D eigenvalue weighted by atomic mass is 32.2. The van der Waals surface area contributed by atoms with Crippen LogP contribution in [-0.2, 0) is 20.3 Å². The zero-order valence-corrected chi connectivity index (χ0v) is 10.8. The average molecular weight is 237 g/mol. The Hall–Kier alpha value is 0.0300. The molecule has 0 aromatic rings. The van der Waals surface area contributed by atoms with Crippen molar-refractivity contribution >= 4 is 10.8 Å². The molecule has 2 atom stereocenters. The zero-order valence-electron chi connectivity index (χ0n) is 9.95. The van der Waals surface area contributed by atoms with Gasteiger partial charge in [-0.05, 0) is 13.0 Å². The number of rotatable bonds is 10. The molecule has 0 aliphatic rings. The van der Waals surface area contributed by atoms with E-state index in [1.807, 2.05) is 6.92 Å². The second-order valence-electron chi connectivity index (χ2n) is 3.37. The van der Waals surface area contributed by atoms with E-state index in [1.54, 1.807) is 14.2 Å². The lowest BCUT2D eigenvalue weighted by Gasteiger charge is -2.16. The maximum absolute atomic E-state index is 11.6. The van der Waals surface area contributed by atoms with Crippen LogP contribution in [0.3, 0.4) is 0 Å². The van der Waals surface area contributed by atoms with Gasteiger partial charge in [0.25, 0.3) is 0 Å². The van der Waals surface area contributed by atoms with E-state index in [0.29, 0.717) is 24.7 Å². The molecule has 0 fully saturated rings. The van der Waals surface area contributed by atoms with Gasteiger partial charge in [-0.3, -0.25) is 4.21 Å². The minimum Gasteiger partial charge on any atom is -0.385 e. The predicted molar refractivity (Wildman–Crippen MR) is 63.7 cm³/mol. The molecular formula is C10H23NO3S. The van der Waals surface area contributed by atoms with Crippen LogP contribution in [0.25, 0.3) is 0 Å². The Kier molecular flexibility index (Phi) is 10.6. The maximum atomic E-state index is 11.6. The highest BCUT2D eigenvalue weighted by Gasteiger charge is 2.10. The van der Waals surface area contributed by atoms with Gasteiger partial charge in [0.2, 0.25) is 0 Å². The van der Waals surface area contributed by atoms with Gasteiger partial charge in [-0.2, -0.15) is 0 Å². The first-order valence-corrected chi connectivity index (χ1v) is 6.79. The van der Waals surface area contributed by atoms with E-state index in [0.717, 1.165) is 13.0 Å². The third-order valence-electron chi connectivity index (χ3n) is 1.97. The van der Waals surface area contributed by atoms with Crippen LogP contribution in [0.1, 0.15) is 13.3 Å². The first-order chi connectivity index (χ1) is 7.24. The molecule has 0 heterocycles. The fraction of sp³-hybridized carbons (Fsp3) is 1.00. The second kappa shape index (κ2) is 10.5. The fourth-order valence-corrected chi connectivity index (χ4v) is 2.60. The lowest BCUT2D eigenvalue weighted by atomic mass is 10.3. The Morgan fingerprint density at radius 1 is 1.33 bits per heavy atom. The molecule has 5 heteroatoms. The van der Waals surface area contributed by atoms with Gasteiger partial charge in [0.1, 0.15) is 0 Å². The smallest absolute Gasteiger partial charge is 0.0624 e. The molecule has 0 bridgehead atoms. The molecule has 0 amide bonds. The Balaban J connectivity index is 3.67. The van der Waals surface area contributed by atoms with Gasteiger partial charge in [-0.25, -0.2) is 0 Å². The van der Waals surface area contributed by atoms with E-state index in [4.69, 9.17) is 9.47 Å². The van der Waals surface area contributed by atoms with Crippen molar-refractivity contribution in [1.29, 1.82) is 0 Å². The standard InChI is InChI=1S/C10H23NO3S/c1-4-11-10(8-14-3)9-15(12)7-5-6-13-2/h10-11H,4-9H2,1-3H3. The van der Waals surface area contributed by atoms with Crippen molar-refractivity contribution in [2.24, 2.45) is 0 Å². The lowest BCUT2D eigenvalue weighted by Crippen LogP contribution is -2.38. The van der Waals surface area contributed by atoms with E-state index in [9.17, 15) is 4.21 Å². The molecular weight excluding hydrogens is 214 g/mol. The topological polar surface area (TPSA) is 47.6 Å². The number of likely N-dealkylation sites (N-methyl/N-ethyl adjacent to an activating group) is 1. The maximum Gasteiger partial charge on any atom is 0.0624 e. The van der Waals surface area contributed by atoms with Crippen molar-refractivity contribution in [2.45, 2.75) is 19.4 Å². The second-order valence-corrected chi connectivity index (χ2v) is 4.99. The van der Waals surface area contributed by atoms with E-state index in [2.05, 4.69) is 5.32 Å². The van der Waals surface area contributed by atoms with E-state index in [1.165, 1.54) is 0 Å². The van der Waals surface area contributed by atoms with Gasteiger partial charge < -0.3 is 14.8 Å². The van der Waals surface area contributed by atoms with Crippen LogP contribution in [0.4, 0.5) is 0 Å². The van der Waals surface area contributed by atoms with E-state index in [-0.39, 0.29) is 6.04 Å². The van der Waals surface area contributed by atoms with Crippen LogP contribution in [-0.4, -0.2) is 55.7 Å². The number of nitrogens with one attached hydrogen (secondary N) is 1. The van der Waals surface area contributed by atoms with Crippen LogP contribution in [0, 0.1) is 0 Å². The summed E-state index contributed by atoms with van der Waals surface area (Å²) in [4.78, 5) is 0. The SMILES string of the molecule is CCNC(COC)CS(=O)CCCOC. The van der Waals surface area contributed by atoms with Gasteiger partial charge in [0.15, 0.2) is 0 Å². The molecule has 4 nitrogen and oxygen atoms in total. The van der Waals surface area contributed by atoms with Crippen LogP contribution in [0.5, 0.6) is 0 Å². The Morgan fingerprint density at radius 2 is 2.07 bits per heavy atom. The van der Waals surface area contributed by atoms with E-state index < -0.39 is 10.8 Å². The summed E-state index contributed by atoms with van der Waals surface area (Å²) in [5.74, 6) is 1.37. The molecule has 0 radical (unpaired) electrons. The monoisotopic (exact) mass is 237 g/mol. The molecule has 0 rings (SSSR count). The molecule has 0 saturated carbocycles. The number of methoxy groups -OCH3 is 2. The first kappa shape index (κ1) is 15.0. The lowest BCUT2D eigenvalue weighted by molar-refractivity contribution is 0.174. The molecule has 0 saturated heterocycles. The predicted octanol–water partition coefficient (Wildman–Crippen LogP) is 0.396. The molecule has 15 heavy (non-hydrogen) atoms. The fourth-order valence-electron chi connectivity index (χ4n) is 1.33. The average Bonchev–Trinajstić information content (AvgIpc) is 2.19. The molecule has 2 unspecified atom stereocenters. The summed E-state index contributed by atoms with van der Waals surface area (Å²) >= 11 is 0. The van der Waals surface area contributed by atoms with Gasteiger partial charge in [0.05, 0.1) is 6.61 Å². The third kappa shape index (κ3) is 8.99. The molecule has 0 aromatic carbocycles. The summed E-state index contributed by atoms with van der Waals surface area (Å²) < 4.78 is 21.6. The molecule has 0 aromatic heterocycles. The van der Waals surface area contributed by atoms with E-state index >= 15 is 0 Å². The number of ether oxygens (including phenoxy) is 2. The summed E-state index contributed by atoms with van der Waals surface area (Å²) in [7, 11) is 2.55. The Labute approximate surface area is 95.2 Å².